The van der Waals surface area contributed by atoms with Gasteiger partial charge in [-0.15, -0.1) is 15.3 Å². The zero-order valence-electron chi connectivity index (χ0n) is 14.8. The number of hydrogen-bond donors (Lipinski definition) is 1. The van der Waals surface area contributed by atoms with E-state index in [-0.39, 0.29) is 6.04 Å². The van der Waals surface area contributed by atoms with E-state index in [0.717, 1.165) is 42.6 Å². The predicted octanol–water partition coefficient (Wildman–Crippen LogP) is 4.45. The van der Waals surface area contributed by atoms with E-state index in [1.165, 1.54) is 0 Å². The van der Waals surface area contributed by atoms with Crippen molar-refractivity contribution in [2.45, 2.75) is 31.9 Å². The number of hydrogen-bond acceptors (Lipinski definition) is 5. The first kappa shape index (κ1) is 19.3. The molecule has 148 valence electrons. The smallest absolute Gasteiger partial charge is 0.299 e. The number of halogens is 4. The van der Waals surface area contributed by atoms with Gasteiger partial charge in [-0.2, -0.15) is 4.52 Å². The Kier molecular flexibility index (Phi) is 5.61. The first-order valence-electron chi connectivity index (χ1n) is 8.92. The number of nitrogens with one attached hydrogen (secondary N) is 1. The minimum atomic E-state index is -2.72. The van der Waals surface area contributed by atoms with Crippen molar-refractivity contribution in [1.29, 1.82) is 0 Å². The van der Waals surface area contributed by atoms with E-state index >= 15 is 0 Å². The van der Waals surface area contributed by atoms with Crippen molar-refractivity contribution in [3.63, 3.8) is 0 Å². The largest absolute Gasteiger partial charge is 0.366 e. The minimum absolute atomic E-state index is 0.218. The van der Waals surface area contributed by atoms with Crippen LogP contribution in [0, 0.1) is 0 Å². The molecule has 0 spiro atoms. The van der Waals surface area contributed by atoms with Crippen molar-refractivity contribution >= 4 is 34.7 Å². The van der Waals surface area contributed by atoms with Gasteiger partial charge >= 0.3 is 0 Å². The van der Waals surface area contributed by atoms with Gasteiger partial charge in [0, 0.05) is 35.7 Å². The summed E-state index contributed by atoms with van der Waals surface area (Å²) < 4.78 is 27.1. The number of nitrogens with zero attached hydrogens (tertiary/aromatic N) is 5. The molecule has 28 heavy (non-hydrogen) atoms. The van der Waals surface area contributed by atoms with Crippen LogP contribution in [0.1, 0.15) is 30.7 Å². The fourth-order valence-electron chi connectivity index (χ4n) is 3.42. The Labute approximate surface area is 170 Å². The van der Waals surface area contributed by atoms with Crippen LogP contribution < -0.4 is 5.32 Å². The Hall–Kier alpha value is -2.03. The maximum atomic E-state index is 13.0. The standard InChI is InChI=1S/C18H18Cl2F2N6/c19-12-7-11(8-13(20)9-12)10-27-5-3-14(4-6-27)23-15-1-2-16-24-25-18(17(21)22)28(16)26-15/h1-2,7-9,14,17H,3-6,10H2,(H,23,26). The van der Waals surface area contributed by atoms with Crippen LogP contribution in [0.4, 0.5) is 14.6 Å². The highest BCUT2D eigenvalue weighted by Crippen LogP contribution is 2.23. The van der Waals surface area contributed by atoms with Gasteiger partial charge in [-0.25, -0.2) is 8.78 Å². The second-order valence-electron chi connectivity index (χ2n) is 6.82. The summed E-state index contributed by atoms with van der Waals surface area (Å²) in [6.07, 6.45) is -0.892. The normalized spacial score (nSPS) is 16.2. The first-order chi connectivity index (χ1) is 13.5. The number of likely N-dealkylation sites (tertiary alicyclic amines) is 1. The van der Waals surface area contributed by atoms with E-state index in [4.69, 9.17) is 23.2 Å². The third-order valence-electron chi connectivity index (χ3n) is 4.75. The van der Waals surface area contributed by atoms with E-state index in [9.17, 15) is 8.78 Å². The zero-order valence-corrected chi connectivity index (χ0v) is 16.3. The van der Waals surface area contributed by atoms with Crippen LogP contribution in [0.15, 0.2) is 30.3 Å². The minimum Gasteiger partial charge on any atom is -0.366 e. The molecule has 3 heterocycles. The number of benzene rings is 1. The molecule has 0 radical (unpaired) electrons. The molecule has 6 nitrogen and oxygen atoms in total. The second-order valence-corrected chi connectivity index (χ2v) is 7.69. The summed E-state index contributed by atoms with van der Waals surface area (Å²) in [6.45, 7) is 2.59. The summed E-state index contributed by atoms with van der Waals surface area (Å²) >= 11 is 12.1. The van der Waals surface area contributed by atoms with Gasteiger partial charge in [0.25, 0.3) is 6.43 Å². The quantitative estimate of drug-likeness (QED) is 0.652. The molecule has 1 fully saturated rings. The van der Waals surface area contributed by atoms with E-state index in [1.54, 1.807) is 18.2 Å². The summed E-state index contributed by atoms with van der Waals surface area (Å²) in [4.78, 5) is 2.34. The third-order valence-corrected chi connectivity index (χ3v) is 5.19. The summed E-state index contributed by atoms with van der Waals surface area (Å²) in [5.74, 6) is 0.0860. The molecule has 0 bridgehead atoms. The van der Waals surface area contributed by atoms with Crippen LogP contribution in [0.2, 0.25) is 10.0 Å². The van der Waals surface area contributed by atoms with E-state index < -0.39 is 12.2 Å². The van der Waals surface area contributed by atoms with Crippen molar-refractivity contribution in [2.24, 2.45) is 0 Å². The average Bonchev–Trinajstić information content (AvgIpc) is 3.06. The van der Waals surface area contributed by atoms with Crippen LogP contribution in [0.3, 0.4) is 0 Å². The molecular formula is C18H18Cl2F2N6. The maximum absolute atomic E-state index is 13.0. The van der Waals surface area contributed by atoms with Gasteiger partial charge in [-0.3, -0.25) is 4.90 Å². The molecule has 1 aliphatic heterocycles. The molecule has 2 aromatic heterocycles. The zero-order chi connectivity index (χ0) is 19.7. The molecule has 1 aromatic carbocycles. The Morgan fingerprint density at radius 1 is 1.07 bits per heavy atom. The molecule has 1 aliphatic rings. The maximum Gasteiger partial charge on any atom is 0.299 e. The lowest BCUT2D eigenvalue weighted by atomic mass is 10.0. The lowest BCUT2D eigenvalue weighted by Gasteiger charge is -2.32. The van der Waals surface area contributed by atoms with Gasteiger partial charge in [0.05, 0.1) is 0 Å². The second kappa shape index (κ2) is 8.14. The molecule has 1 N–H and O–H groups in total. The van der Waals surface area contributed by atoms with Crippen molar-refractivity contribution in [2.75, 3.05) is 18.4 Å². The van der Waals surface area contributed by atoms with Crippen LogP contribution in [0.5, 0.6) is 0 Å². The molecule has 0 unspecified atom stereocenters. The highest BCUT2D eigenvalue weighted by molar-refractivity contribution is 6.34. The predicted molar refractivity (Wildman–Crippen MR) is 104 cm³/mol. The first-order valence-corrected chi connectivity index (χ1v) is 9.68. The highest BCUT2D eigenvalue weighted by atomic mass is 35.5. The van der Waals surface area contributed by atoms with E-state index in [1.807, 2.05) is 12.1 Å². The number of fused-ring (bicyclic) bond motifs is 1. The highest BCUT2D eigenvalue weighted by Gasteiger charge is 2.21. The van der Waals surface area contributed by atoms with Gasteiger partial charge in [-0.1, -0.05) is 23.2 Å². The SMILES string of the molecule is FC(F)c1nnc2ccc(NC3CCN(Cc4cc(Cl)cc(Cl)c4)CC3)nn12. The summed E-state index contributed by atoms with van der Waals surface area (Å²) in [7, 11) is 0. The van der Waals surface area contributed by atoms with Crippen LogP contribution in [0.25, 0.3) is 5.65 Å². The lowest BCUT2D eigenvalue weighted by molar-refractivity contribution is 0.137. The summed E-state index contributed by atoms with van der Waals surface area (Å²) in [5, 5.41) is 16.0. The Balaban J connectivity index is 1.36. The molecule has 4 rings (SSSR count). The van der Waals surface area contributed by atoms with Gasteiger partial charge in [0.2, 0.25) is 5.82 Å². The number of rotatable bonds is 5. The molecule has 1 saturated heterocycles. The van der Waals surface area contributed by atoms with E-state index in [2.05, 4.69) is 25.5 Å². The summed E-state index contributed by atoms with van der Waals surface area (Å²) in [5.41, 5.74) is 1.39. The lowest BCUT2D eigenvalue weighted by Crippen LogP contribution is -2.38. The fraction of sp³-hybridized carbons (Fsp3) is 0.389. The third kappa shape index (κ3) is 4.34. The Bertz CT molecular complexity index is 952. The molecular weight excluding hydrogens is 409 g/mol. The number of piperidine rings is 1. The van der Waals surface area contributed by atoms with Gasteiger partial charge in [0.1, 0.15) is 5.82 Å². The van der Waals surface area contributed by atoms with Crippen molar-refractivity contribution in [3.05, 3.63) is 51.8 Å². The summed E-state index contributed by atoms with van der Waals surface area (Å²) in [6, 6.07) is 9.16. The molecule has 0 aliphatic carbocycles. The molecule has 3 aromatic rings. The molecule has 0 amide bonds. The molecule has 0 saturated carbocycles. The van der Waals surface area contributed by atoms with Crippen molar-refractivity contribution in [3.8, 4) is 0 Å². The van der Waals surface area contributed by atoms with Gasteiger partial charge in [0.15, 0.2) is 5.65 Å². The van der Waals surface area contributed by atoms with Gasteiger partial charge in [-0.05, 0) is 48.7 Å². The van der Waals surface area contributed by atoms with Gasteiger partial charge < -0.3 is 5.32 Å². The number of anilines is 1. The van der Waals surface area contributed by atoms with Crippen LogP contribution in [-0.2, 0) is 6.54 Å². The Morgan fingerprint density at radius 2 is 1.79 bits per heavy atom. The number of alkyl halides is 2. The van der Waals surface area contributed by atoms with Crippen LogP contribution in [-0.4, -0.2) is 43.8 Å². The topological polar surface area (TPSA) is 58.4 Å². The van der Waals surface area contributed by atoms with Crippen LogP contribution >= 0.6 is 23.2 Å². The van der Waals surface area contributed by atoms with Crippen molar-refractivity contribution in [1.82, 2.24) is 24.7 Å². The van der Waals surface area contributed by atoms with Crippen molar-refractivity contribution < 1.29 is 8.78 Å². The Morgan fingerprint density at radius 3 is 2.46 bits per heavy atom. The molecule has 10 heteroatoms. The monoisotopic (exact) mass is 426 g/mol. The number of aromatic nitrogens is 4. The molecule has 0 atom stereocenters. The fourth-order valence-corrected chi connectivity index (χ4v) is 3.99. The van der Waals surface area contributed by atoms with E-state index in [0.29, 0.717) is 21.5 Å². The average molecular weight is 427 g/mol.